The highest BCUT2D eigenvalue weighted by Crippen LogP contribution is 2.38. The third kappa shape index (κ3) is 5.77. The molecule has 46 heavy (non-hydrogen) atoms. The van der Waals surface area contributed by atoms with E-state index in [9.17, 15) is 26.3 Å². The standard InChI is InChI=1S/C30H26F6N8OS/c1-42-20(16-24(41-42)29(31,32)33)22-8-9-23(46-22)27-37-17-4-2-6-19(25(17)39-27)44-12-10-43(11-13-44)14-15-45-21-7-3-5-18-26(21)40-28(38-18)30(34,35)36/h2-9,16H,10-15H2,1H3,(H,37,39)(H,38,40). The van der Waals surface area contributed by atoms with Gasteiger partial charge in [0.25, 0.3) is 0 Å². The van der Waals surface area contributed by atoms with Crippen molar-refractivity contribution in [2.75, 3.05) is 44.2 Å². The Hall–Kier alpha value is -4.57. The van der Waals surface area contributed by atoms with Gasteiger partial charge in [-0.25, -0.2) is 9.97 Å². The number of piperazine rings is 1. The second kappa shape index (κ2) is 11.3. The van der Waals surface area contributed by atoms with Crippen LogP contribution in [0.15, 0.2) is 54.6 Å². The first-order valence-electron chi connectivity index (χ1n) is 14.3. The molecule has 9 nitrogen and oxygen atoms in total. The number of fused-ring (bicyclic) bond motifs is 2. The summed E-state index contributed by atoms with van der Waals surface area (Å²) in [6.07, 6.45) is -9.09. The Labute approximate surface area is 261 Å². The molecule has 0 bridgehead atoms. The summed E-state index contributed by atoms with van der Waals surface area (Å²) >= 11 is 1.33. The van der Waals surface area contributed by atoms with E-state index < -0.39 is 23.9 Å². The Kier molecular flexibility index (Phi) is 7.43. The fourth-order valence-corrected chi connectivity index (χ4v) is 6.58. The topological polar surface area (TPSA) is 90.9 Å². The van der Waals surface area contributed by atoms with Crippen LogP contribution in [0.1, 0.15) is 11.5 Å². The zero-order valence-electron chi connectivity index (χ0n) is 24.2. The molecule has 0 unspecified atom stereocenters. The van der Waals surface area contributed by atoms with E-state index in [-0.39, 0.29) is 11.0 Å². The first-order valence-corrected chi connectivity index (χ1v) is 15.1. The maximum atomic E-state index is 13.2. The van der Waals surface area contributed by atoms with Gasteiger partial charge < -0.3 is 19.6 Å². The monoisotopic (exact) mass is 660 g/mol. The van der Waals surface area contributed by atoms with Crippen LogP contribution in [-0.4, -0.2) is 73.9 Å². The van der Waals surface area contributed by atoms with E-state index in [4.69, 9.17) is 9.72 Å². The number of thiophene rings is 1. The second-order valence-corrected chi connectivity index (χ2v) is 12.0. The number of benzene rings is 2. The third-order valence-electron chi connectivity index (χ3n) is 7.88. The molecule has 7 rings (SSSR count). The van der Waals surface area contributed by atoms with E-state index in [1.807, 2.05) is 24.3 Å². The van der Waals surface area contributed by atoms with Crippen LogP contribution < -0.4 is 9.64 Å². The number of hydrogen-bond donors (Lipinski definition) is 2. The SMILES string of the molecule is Cn1nc(C(F)(F)F)cc1-c1ccc(-c2nc3c(N4CCN(CCOc5cccc6[nH]c(C(F)(F)F)nc56)CC4)cccc3[nH]2)s1. The summed E-state index contributed by atoms with van der Waals surface area (Å²) in [6.45, 7) is 3.86. The molecule has 5 heterocycles. The maximum Gasteiger partial charge on any atom is 0.449 e. The molecule has 0 aliphatic carbocycles. The van der Waals surface area contributed by atoms with Crippen LogP contribution in [-0.2, 0) is 19.4 Å². The van der Waals surface area contributed by atoms with Gasteiger partial charge in [-0.2, -0.15) is 31.4 Å². The fourth-order valence-electron chi connectivity index (χ4n) is 5.58. The van der Waals surface area contributed by atoms with Gasteiger partial charge in [0.15, 0.2) is 5.69 Å². The van der Waals surface area contributed by atoms with Crippen molar-refractivity contribution in [3.63, 3.8) is 0 Å². The van der Waals surface area contributed by atoms with Gasteiger partial charge in [-0.3, -0.25) is 9.58 Å². The lowest BCUT2D eigenvalue weighted by Gasteiger charge is -2.36. The zero-order valence-corrected chi connectivity index (χ0v) is 25.0. The Morgan fingerprint density at radius 1 is 0.826 bits per heavy atom. The largest absolute Gasteiger partial charge is 0.490 e. The van der Waals surface area contributed by atoms with Crippen molar-refractivity contribution >= 4 is 39.1 Å². The van der Waals surface area contributed by atoms with Crippen LogP contribution >= 0.6 is 11.3 Å². The summed E-state index contributed by atoms with van der Waals surface area (Å²) in [5.74, 6) is -0.128. The molecule has 4 aromatic heterocycles. The van der Waals surface area contributed by atoms with Gasteiger partial charge in [0.05, 0.1) is 32.2 Å². The van der Waals surface area contributed by atoms with E-state index in [1.54, 1.807) is 18.2 Å². The molecule has 0 radical (unpaired) electrons. The van der Waals surface area contributed by atoms with Gasteiger partial charge in [0.1, 0.15) is 29.2 Å². The number of aryl methyl sites for hydroxylation is 1. The van der Waals surface area contributed by atoms with Gasteiger partial charge >= 0.3 is 12.4 Å². The van der Waals surface area contributed by atoms with Crippen LogP contribution in [0.4, 0.5) is 32.0 Å². The Bertz CT molecular complexity index is 2010. The predicted octanol–water partition coefficient (Wildman–Crippen LogP) is 6.81. The van der Waals surface area contributed by atoms with E-state index in [1.165, 1.54) is 29.1 Å². The zero-order chi connectivity index (χ0) is 32.2. The van der Waals surface area contributed by atoms with Gasteiger partial charge in [0, 0.05) is 39.8 Å². The van der Waals surface area contributed by atoms with Crippen molar-refractivity contribution in [2.24, 2.45) is 7.05 Å². The number of aromatic amines is 2. The molecule has 240 valence electrons. The van der Waals surface area contributed by atoms with Gasteiger partial charge in [-0.1, -0.05) is 12.1 Å². The van der Waals surface area contributed by atoms with Crippen molar-refractivity contribution in [1.29, 1.82) is 0 Å². The quantitative estimate of drug-likeness (QED) is 0.183. The number of hydrogen-bond acceptors (Lipinski definition) is 7. The summed E-state index contributed by atoms with van der Waals surface area (Å²) in [4.78, 5) is 20.1. The predicted molar refractivity (Wildman–Crippen MR) is 162 cm³/mol. The number of anilines is 1. The molecule has 2 N–H and O–H groups in total. The second-order valence-electron chi connectivity index (χ2n) is 10.9. The minimum absolute atomic E-state index is 0.150. The summed E-state index contributed by atoms with van der Waals surface area (Å²) in [5, 5.41) is 3.61. The third-order valence-corrected chi connectivity index (χ3v) is 8.99. The lowest BCUT2D eigenvalue weighted by atomic mass is 10.2. The first kappa shape index (κ1) is 30.1. The highest BCUT2D eigenvalue weighted by molar-refractivity contribution is 7.18. The normalized spacial score (nSPS) is 15.0. The van der Waals surface area contributed by atoms with E-state index in [0.717, 1.165) is 53.8 Å². The number of nitrogens with one attached hydrogen (secondary N) is 2. The molecule has 2 aromatic carbocycles. The summed E-state index contributed by atoms with van der Waals surface area (Å²) in [5.41, 5.74) is 2.47. The molecule has 0 saturated carbocycles. The summed E-state index contributed by atoms with van der Waals surface area (Å²) < 4.78 is 85.8. The highest BCUT2D eigenvalue weighted by atomic mass is 32.1. The number of rotatable bonds is 7. The molecular weight excluding hydrogens is 634 g/mol. The molecule has 16 heteroatoms. The number of halogens is 6. The van der Waals surface area contributed by atoms with Crippen molar-refractivity contribution in [3.8, 4) is 27.0 Å². The Morgan fingerprint density at radius 3 is 2.26 bits per heavy atom. The minimum atomic E-state index is -4.57. The number of ether oxygens (including phenoxy) is 1. The van der Waals surface area contributed by atoms with Crippen LogP contribution in [0.2, 0.25) is 0 Å². The van der Waals surface area contributed by atoms with Crippen molar-refractivity contribution in [3.05, 3.63) is 66.1 Å². The van der Waals surface area contributed by atoms with Crippen LogP contribution in [0.3, 0.4) is 0 Å². The van der Waals surface area contributed by atoms with Gasteiger partial charge in [-0.05, 0) is 42.5 Å². The lowest BCUT2D eigenvalue weighted by molar-refractivity contribution is -0.144. The van der Waals surface area contributed by atoms with Crippen molar-refractivity contribution in [2.45, 2.75) is 12.4 Å². The van der Waals surface area contributed by atoms with E-state index in [2.05, 4.69) is 29.9 Å². The number of para-hydroxylation sites is 2. The minimum Gasteiger partial charge on any atom is -0.490 e. The van der Waals surface area contributed by atoms with Crippen molar-refractivity contribution < 1.29 is 31.1 Å². The maximum absolute atomic E-state index is 13.2. The van der Waals surface area contributed by atoms with Crippen LogP contribution in [0.25, 0.3) is 43.3 Å². The van der Waals surface area contributed by atoms with Gasteiger partial charge in [-0.15, -0.1) is 11.3 Å². The fraction of sp³-hybridized carbons (Fsp3) is 0.300. The molecule has 1 aliphatic rings. The molecule has 1 fully saturated rings. The number of H-pyrrole nitrogens is 2. The number of aromatic nitrogens is 6. The Morgan fingerprint density at radius 2 is 1.54 bits per heavy atom. The molecular formula is C30H26F6N8OS. The van der Waals surface area contributed by atoms with Crippen molar-refractivity contribution in [1.82, 2.24) is 34.6 Å². The molecule has 1 saturated heterocycles. The van der Waals surface area contributed by atoms with Gasteiger partial charge in [0.2, 0.25) is 5.82 Å². The highest BCUT2D eigenvalue weighted by Gasteiger charge is 2.36. The molecule has 0 amide bonds. The number of alkyl halides is 6. The molecule has 1 aliphatic heterocycles. The Balaban J connectivity index is 1.000. The smallest absolute Gasteiger partial charge is 0.449 e. The van der Waals surface area contributed by atoms with E-state index >= 15 is 0 Å². The first-order chi connectivity index (χ1) is 21.9. The summed E-state index contributed by atoms with van der Waals surface area (Å²) in [7, 11) is 1.49. The van der Waals surface area contributed by atoms with Crippen LogP contribution in [0, 0.1) is 0 Å². The number of imidazole rings is 2. The average molecular weight is 661 g/mol. The van der Waals surface area contributed by atoms with E-state index in [0.29, 0.717) is 35.3 Å². The molecule has 0 spiro atoms. The summed E-state index contributed by atoms with van der Waals surface area (Å²) in [6, 6.07) is 15.3. The molecule has 6 aromatic rings. The average Bonchev–Trinajstić information content (AvgIpc) is 3.81. The molecule has 0 atom stereocenters. The number of nitrogens with zero attached hydrogens (tertiary/aromatic N) is 6. The lowest BCUT2D eigenvalue weighted by Crippen LogP contribution is -2.47. The van der Waals surface area contributed by atoms with Crippen LogP contribution in [0.5, 0.6) is 5.75 Å².